The van der Waals surface area contributed by atoms with Gasteiger partial charge >= 0.3 is 0 Å². The molecule has 24 heavy (non-hydrogen) atoms. The Bertz CT molecular complexity index is 1040. The molecule has 0 amide bonds. The molecule has 0 unspecified atom stereocenters. The smallest absolute Gasteiger partial charge is 0.179 e. The molecule has 3 nitrogen and oxygen atoms in total. The van der Waals surface area contributed by atoms with Gasteiger partial charge in [-0.25, -0.2) is 15.0 Å². The van der Waals surface area contributed by atoms with Crippen LogP contribution in [-0.2, 0) is 0 Å². The van der Waals surface area contributed by atoms with Gasteiger partial charge in [0.15, 0.2) is 5.82 Å². The molecule has 116 valence electrons. The van der Waals surface area contributed by atoms with Gasteiger partial charge in [0.25, 0.3) is 0 Å². The van der Waals surface area contributed by atoms with E-state index in [0.717, 1.165) is 33.5 Å². The molecule has 0 fully saturated rings. The Morgan fingerprint density at radius 3 is 2.38 bits per heavy atom. The third-order valence-electron chi connectivity index (χ3n) is 4.01. The first-order valence-corrected chi connectivity index (χ1v) is 7.98. The maximum atomic E-state index is 4.85. The van der Waals surface area contributed by atoms with Gasteiger partial charge in [-0.2, -0.15) is 0 Å². The predicted molar refractivity (Wildman–Crippen MR) is 97.7 cm³/mol. The molecule has 3 heteroatoms. The van der Waals surface area contributed by atoms with E-state index in [1.807, 2.05) is 43.3 Å². The van der Waals surface area contributed by atoms with Crippen LogP contribution in [0.4, 0.5) is 0 Å². The second-order valence-electron chi connectivity index (χ2n) is 5.95. The lowest BCUT2D eigenvalue weighted by Crippen LogP contribution is -1.97. The van der Waals surface area contributed by atoms with Gasteiger partial charge in [0.2, 0.25) is 0 Å². The Kier molecular flexibility index (Phi) is 3.54. The fourth-order valence-corrected chi connectivity index (χ4v) is 2.87. The first kappa shape index (κ1) is 14.5. The van der Waals surface area contributed by atoms with Crippen LogP contribution in [-0.4, -0.2) is 15.0 Å². The van der Waals surface area contributed by atoms with E-state index in [1.54, 1.807) is 0 Å². The van der Waals surface area contributed by atoms with Crippen molar-refractivity contribution in [1.29, 1.82) is 0 Å². The van der Waals surface area contributed by atoms with Crippen LogP contribution in [0.3, 0.4) is 0 Å². The largest absolute Gasteiger partial charge is 0.250 e. The van der Waals surface area contributed by atoms with Gasteiger partial charge in [-0.05, 0) is 38.1 Å². The molecule has 0 aliphatic carbocycles. The van der Waals surface area contributed by atoms with E-state index in [0.29, 0.717) is 5.82 Å². The summed E-state index contributed by atoms with van der Waals surface area (Å²) in [5.74, 6) is 0.661. The van der Waals surface area contributed by atoms with Crippen LogP contribution in [0.2, 0.25) is 0 Å². The van der Waals surface area contributed by atoms with Gasteiger partial charge in [0.1, 0.15) is 5.69 Å². The van der Waals surface area contributed by atoms with Crippen molar-refractivity contribution in [3.8, 4) is 22.8 Å². The maximum absolute atomic E-state index is 4.85. The summed E-state index contributed by atoms with van der Waals surface area (Å²) in [5, 5.41) is 1.06. The standard InChI is InChI=1S/C21H17N3/c1-14-7-5-9-16(13-14)20-17-10-3-4-11-18(17)23-21(24-20)19-12-6-8-15(2)22-19/h3-13H,1-2H3. The summed E-state index contributed by atoms with van der Waals surface area (Å²) in [5.41, 5.74) is 5.95. The normalized spacial score (nSPS) is 10.9. The number of para-hydroxylation sites is 1. The average molecular weight is 311 g/mol. The van der Waals surface area contributed by atoms with Crippen molar-refractivity contribution in [1.82, 2.24) is 15.0 Å². The fourth-order valence-electron chi connectivity index (χ4n) is 2.87. The summed E-state index contributed by atoms with van der Waals surface area (Å²) in [7, 11) is 0. The van der Waals surface area contributed by atoms with Gasteiger partial charge in [-0.15, -0.1) is 0 Å². The van der Waals surface area contributed by atoms with E-state index in [1.165, 1.54) is 5.56 Å². The van der Waals surface area contributed by atoms with Crippen molar-refractivity contribution in [2.45, 2.75) is 13.8 Å². The van der Waals surface area contributed by atoms with Crippen LogP contribution >= 0.6 is 0 Å². The quantitative estimate of drug-likeness (QED) is 0.524. The SMILES string of the molecule is Cc1cccc(-c2nc(-c3cccc(C)n3)nc3ccccc23)c1. The van der Waals surface area contributed by atoms with Crippen LogP contribution in [0.15, 0.2) is 66.7 Å². The van der Waals surface area contributed by atoms with Gasteiger partial charge in [-0.1, -0.05) is 48.0 Å². The first-order chi connectivity index (χ1) is 11.7. The second-order valence-corrected chi connectivity index (χ2v) is 5.95. The van der Waals surface area contributed by atoms with Gasteiger partial charge in [-0.3, -0.25) is 0 Å². The first-order valence-electron chi connectivity index (χ1n) is 7.98. The van der Waals surface area contributed by atoms with Crippen LogP contribution in [0.1, 0.15) is 11.3 Å². The summed E-state index contributed by atoms with van der Waals surface area (Å²) < 4.78 is 0. The minimum atomic E-state index is 0.661. The molecule has 0 radical (unpaired) electrons. The van der Waals surface area contributed by atoms with Crippen molar-refractivity contribution in [3.05, 3.63) is 78.0 Å². The number of nitrogens with zero attached hydrogens (tertiary/aromatic N) is 3. The third-order valence-corrected chi connectivity index (χ3v) is 4.01. The van der Waals surface area contributed by atoms with Crippen LogP contribution in [0.25, 0.3) is 33.7 Å². The summed E-state index contributed by atoms with van der Waals surface area (Å²) in [6.45, 7) is 4.07. The number of rotatable bonds is 2. The molecule has 0 aliphatic heterocycles. The van der Waals surface area contributed by atoms with Crippen LogP contribution in [0.5, 0.6) is 0 Å². The minimum absolute atomic E-state index is 0.661. The minimum Gasteiger partial charge on any atom is -0.250 e. The lowest BCUT2D eigenvalue weighted by atomic mass is 10.0. The fraction of sp³-hybridized carbons (Fsp3) is 0.0952. The highest BCUT2D eigenvalue weighted by atomic mass is 14.9. The van der Waals surface area contributed by atoms with Gasteiger partial charge < -0.3 is 0 Å². The summed E-state index contributed by atoms with van der Waals surface area (Å²) in [4.78, 5) is 14.1. The number of hydrogen-bond acceptors (Lipinski definition) is 3. The van der Waals surface area contributed by atoms with Gasteiger partial charge in [0, 0.05) is 16.6 Å². The number of benzene rings is 2. The molecule has 2 heterocycles. The molecule has 0 N–H and O–H groups in total. The topological polar surface area (TPSA) is 38.7 Å². The molecular weight excluding hydrogens is 294 g/mol. The summed E-state index contributed by atoms with van der Waals surface area (Å²) in [6.07, 6.45) is 0. The number of aromatic nitrogens is 3. The Balaban J connectivity index is 2.01. The molecule has 0 spiro atoms. The van der Waals surface area contributed by atoms with Crippen molar-refractivity contribution in [3.63, 3.8) is 0 Å². The molecule has 2 aromatic carbocycles. The molecule has 0 bridgehead atoms. The van der Waals surface area contributed by atoms with Gasteiger partial charge in [0.05, 0.1) is 11.2 Å². The summed E-state index contributed by atoms with van der Waals surface area (Å²) >= 11 is 0. The van der Waals surface area contributed by atoms with Crippen LogP contribution < -0.4 is 0 Å². The zero-order chi connectivity index (χ0) is 16.5. The molecule has 0 atom stereocenters. The van der Waals surface area contributed by atoms with Crippen molar-refractivity contribution in [2.75, 3.05) is 0 Å². The van der Waals surface area contributed by atoms with E-state index < -0.39 is 0 Å². The third kappa shape index (κ3) is 2.65. The second kappa shape index (κ2) is 5.85. The Morgan fingerprint density at radius 2 is 1.54 bits per heavy atom. The van der Waals surface area contributed by atoms with Crippen molar-refractivity contribution in [2.24, 2.45) is 0 Å². The molecule has 4 aromatic rings. The lowest BCUT2D eigenvalue weighted by molar-refractivity contribution is 1.14. The van der Waals surface area contributed by atoms with E-state index in [9.17, 15) is 0 Å². The number of fused-ring (bicyclic) bond motifs is 1. The molecular formula is C21H17N3. The van der Waals surface area contributed by atoms with Crippen LogP contribution in [0, 0.1) is 13.8 Å². The monoisotopic (exact) mass is 311 g/mol. The Morgan fingerprint density at radius 1 is 0.708 bits per heavy atom. The molecule has 4 rings (SSSR count). The van der Waals surface area contributed by atoms with E-state index in [4.69, 9.17) is 9.97 Å². The highest BCUT2D eigenvalue weighted by molar-refractivity contribution is 5.93. The molecule has 0 aliphatic rings. The van der Waals surface area contributed by atoms with E-state index in [-0.39, 0.29) is 0 Å². The summed E-state index contributed by atoms with van der Waals surface area (Å²) in [6, 6.07) is 22.4. The molecule has 2 aromatic heterocycles. The van der Waals surface area contributed by atoms with Crippen molar-refractivity contribution < 1.29 is 0 Å². The van der Waals surface area contributed by atoms with Crippen molar-refractivity contribution >= 4 is 10.9 Å². The molecule has 0 saturated heterocycles. The predicted octanol–water partition coefficient (Wildman–Crippen LogP) is 4.98. The zero-order valence-corrected chi connectivity index (χ0v) is 13.7. The van der Waals surface area contributed by atoms with E-state index >= 15 is 0 Å². The highest BCUT2D eigenvalue weighted by Crippen LogP contribution is 2.28. The number of aryl methyl sites for hydroxylation is 2. The van der Waals surface area contributed by atoms with E-state index in [2.05, 4.69) is 42.2 Å². The number of pyridine rings is 1. The molecule has 0 saturated carbocycles. The lowest BCUT2D eigenvalue weighted by Gasteiger charge is -2.09. The zero-order valence-electron chi connectivity index (χ0n) is 13.7. The highest BCUT2D eigenvalue weighted by Gasteiger charge is 2.12. The Labute approximate surface area is 141 Å². The number of hydrogen-bond donors (Lipinski definition) is 0. The average Bonchev–Trinajstić information content (AvgIpc) is 2.61. The maximum Gasteiger partial charge on any atom is 0.179 e. The Hall–Kier alpha value is -3.07.